The lowest BCUT2D eigenvalue weighted by atomic mass is 9.77. The first-order valence-electron chi connectivity index (χ1n) is 22.7. The minimum Gasteiger partial charge on any atom is -0.398 e. The number of aromatic nitrogens is 6. The summed E-state index contributed by atoms with van der Waals surface area (Å²) in [4.78, 5) is 25.8. The largest absolute Gasteiger partial charge is 0.516 e. The minimum absolute atomic E-state index is 0.431. The van der Waals surface area contributed by atoms with Gasteiger partial charge in [-0.05, 0) is 92.9 Å². The van der Waals surface area contributed by atoms with Crippen molar-refractivity contribution in [2.45, 2.75) is 50.0 Å². The van der Waals surface area contributed by atoms with Crippen molar-refractivity contribution in [2.75, 3.05) is 16.4 Å². The minimum atomic E-state index is -0.662. The average Bonchev–Trinajstić information content (AvgIpc) is 3.63. The van der Waals surface area contributed by atoms with Gasteiger partial charge in [0, 0.05) is 6.20 Å². The van der Waals surface area contributed by atoms with E-state index < -0.39 is 29.4 Å². The van der Waals surface area contributed by atoms with Crippen LogP contribution in [-0.2, 0) is 20.4 Å². The van der Waals surface area contributed by atoms with Crippen molar-refractivity contribution in [3.63, 3.8) is 0 Å². The topological polar surface area (TPSA) is 146 Å². The Hall–Kier alpha value is -7.10. The highest BCUT2D eigenvalue weighted by Gasteiger charge is 2.52. The van der Waals surface area contributed by atoms with Crippen molar-refractivity contribution in [1.29, 1.82) is 0 Å². The highest BCUT2D eigenvalue weighted by Crippen LogP contribution is 2.41. The van der Waals surface area contributed by atoms with Crippen molar-refractivity contribution < 1.29 is 9.31 Å². The summed E-state index contributed by atoms with van der Waals surface area (Å²) in [5, 5.41) is 7.41. The molecular weight excluding hydrogens is 1000 g/mol. The highest BCUT2D eigenvalue weighted by atomic mass is 79.9. The van der Waals surface area contributed by atoms with E-state index in [9.17, 15) is 0 Å². The second-order valence-corrected chi connectivity index (χ2v) is 19.0. The summed E-state index contributed by atoms with van der Waals surface area (Å²) in [6.45, 7) is 8.13. The van der Waals surface area contributed by atoms with Crippen LogP contribution in [0.4, 0.5) is 17.5 Å². The summed E-state index contributed by atoms with van der Waals surface area (Å²) in [5.74, 6) is 1.80. The van der Waals surface area contributed by atoms with Crippen LogP contribution in [0.15, 0.2) is 228 Å². The van der Waals surface area contributed by atoms with Gasteiger partial charge in [0.05, 0.1) is 47.8 Å². The van der Waals surface area contributed by atoms with Crippen LogP contribution in [0.1, 0.15) is 61.1 Å². The third kappa shape index (κ3) is 11.2. The van der Waals surface area contributed by atoms with Crippen molar-refractivity contribution in [2.24, 2.45) is 0 Å². The van der Waals surface area contributed by atoms with Crippen molar-refractivity contribution >= 4 is 62.0 Å². The Bertz CT molecular complexity index is 2770. The van der Waals surface area contributed by atoms with Crippen LogP contribution in [0.25, 0.3) is 0 Å². The van der Waals surface area contributed by atoms with Crippen LogP contribution >= 0.6 is 31.9 Å². The number of hydrogen-bond donors (Lipinski definition) is 3. The molecule has 0 aliphatic carbocycles. The maximum atomic E-state index is 6.15. The second-order valence-electron chi connectivity index (χ2n) is 17.3. The van der Waals surface area contributed by atoms with E-state index in [1.807, 2.05) is 64.1 Å². The van der Waals surface area contributed by atoms with Crippen LogP contribution in [0.5, 0.6) is 0 Å². The van der Waals surface area contributed by atoms with Gasteiger partial charge in [0.1, 0.15) is 37.7 Å². The molecule has 4 heterocycles. The number of benzene rings is 6. The monoisotopic (exact) mass is 1050 g/mol. The van der Waals surface area contributed by atoms with Crippen LogP contribution in [0, 0.1) is 0 Å². The third-order valence-corrected chi connectivity index (χ3v) is 13.1. The number of rotatable bonds is 11. The lowest BCUT2D eigenvalue weighted by molar-refractivity contribution is 0.00578. The highest BCUT2D eigenvalue weighted by molar-refractivity contribution is 9.10. The summed E-state index contributed by atoms with van der Waals surface area (Å²) >= 11 is 6.47. The number of nitrogens with zero attached hydrogens (tertiary/aromatic N) is 6. The standard InChI is InChI=1S/C29H30BN3O2.C23H18BrN3.C4H4BrN3/c1-27(2)28(3,4)35-30(34-27)25-20-32-26(21-31-25)33-29(22-14-8-5-9-15-22,23-16-10-6-11-17-23)24-18-12-7-13-19-24;24-21-16-26-22(17-25-21)27-23(18-10-4-1-5-11-18,19-12-6-2-7-13-19)20-14-8-3-9-15-20;5-3-1-8-4(6)2-7-3/h5-21H,1-4H3,(H,32,33);1-17H,(H,26,27);1-2H,(H2,6,8). The predicted octanol–water partition coefficient (Wildman–Crippen LogP) is 11.6. The van der Waals surface area contributed by atoms with Crippen molar-refractivity contribution in [1.82, 2.24) is 29.9 Å². The first-order valence-corrected chi connectivity index (χ1v) is 24.3. The van der Waals surface area contributed by atoms with Gasteiger partial charge in [0.15, 0.2) is 0 Å². The van der Waals surface area contributed by atoms with E-state index in [0.717, 1.165) is 33.4 Å². The molecule has 70 heavy (non-hydrogen) atoms. The molecule has 14 heteroatoms. The van der Waals surface area contributed by atoms with Gasteiger partial charge in [0.25, 0.3) is 0 Å². The van der Waals surface area contributed by atoms with Gasteiger partial charge in [-0.15, -0.1) is 0 Å². The molecule has 1 aliphatic heterocycles. The fourth-order valence-corrected chi connectivity index (χ4v) is 8.54. The molecule has 11 nitrogen and oxygen atoms in total. The number of hydrogen-bond acceptors (Lipinski definition) is 11. The van der Waals surface area contributed by atoms with E-state index in [1.165, 1.54) is 6.20 Å². The molecule has 1 saturated heterocycles. The molecule has 1 fully saturated rings. The van der Waals surface area contributed by atoms with Crippen LogP contribution < -0.4 is 22.0 Å². The zero-order chi connectivity index (χ0) is 49.0. The molecule has 350 valence electrons. The molecule has 0 unspecified atom stereocenters. The number of nitrogens with one attached hydrogen (secondary N) is 2. The van der Waals surface area contributed by atoms with Gasteiger partial charge in [-0.1, -0.05) is 182 Å². The maximum absolute atomic E-state index is 6.15. The predicted molar refractivity (Wildman–Crippen MR) is 287 cm³/mol. The first kappa shape index (κ1) is 49.3. The maximum Gasteiger partial charge on any atom is 0.516 e. The normalized spacial score (nSPS) is 13.7. The molecule has 0 bridgehead atoms. The molecule has 0 amide bonds. The number of anilines is 3. The van der Waals surface area contributed by atoms with Gasteiger partial charge in [-0.3, -0.25) is 4.98 Å². The lowest BCUT2D eigenvalue weighted by Crippen LogP contribution is -2.41. The fourth-order valence-electron chi connectivity index (χ4n) is 8.13. The molecule has 3 aromatic heterocycles. The first-order chi connectivity index (χ1) is 33.9. The van der Waals surface area contributed by atoms with Crippen molar-refractivity contribution in [3.8, 4) is 0 Å². The molecule has 0 radical (unpaired) electrons. The summed E-state index contributed by atoms with van der Waals surface area (Å²) in [7, 11) is -0.552. The molecule has 0 saturated carbocycles. The molecule has 9 aromatic rings. The van der Waals surface area contributed by atoms with E-state index in [1.54, 1.807) is 31.0 Å². The van der Waals surface area contributed by atoms with E-state index >= 15 is 0 Å². The van der Waals surface area contributed by atoms with E-state index in [-0.39, 0.29) is 0 Å². The van der Waals surface area contributed by atoms with Gasteiger partial charge in [-0.25, -0.2) is 24.9 Å². The van der Waals surface area contributed by atoms with Crippen molar-refractivity contribution in [3.05, 3.63) is 262 Å². The number of nitrogen functional groups attached to an aromatic ring is 1. The Balaban J connectivity index is 0.000000166. The lowest BCUT2D eigenvalue weighted by Gasteiger charge is -2.37. The Morgan fingerprint density at radius 1 is 0.400 bits per heavy atom. The molecule has 0 atom stereocenters. The summed E-state index contributed by atoms with van der Waals surface area (Å²) in [5.41, 5.74) is 10.5. The van der Waals surface area contributed by atoms with E-state index in [4.69, 9.17) is 20.0 Å². The quantitative estimate of drug-likeness (QED) is 0.0840. The molecule has 0 spiro atoms. The molecule has 1 aliphatic rings. The molecule has 10 rings (SSSR count). The summed E-state index contributed by atoms with van der Waals surface area (Å²) in [6.07, 6.45) is 9.97. The number of nitrogens with two attached hydrogens (primary N) is 1. The van der Waals surface area contributed by atoms with Gasteiger partial charge in [0.2, 0.25) is 0 Å². The Morgan fingerprint density at radius 2 is 0.700 bits per heavy atom. The van der Waals surface area contributed by atoms with Crippen LogP contribution in [0.2, 0.25) is 0 Å². The smallest absolute Gasteiger partial charge is 0.398 e. The van der Waals surface area contributed by atoms with Gasteiger partial charge >= 0.3 is 7.12 Å². The van der Waals surface area contributed by atoms with E-state index in [0.29, 0.717) is 32.3 Å². The Labute approximate surface area is 426 Å². The molecular formula is C56H52BBr2N9O2. The van der Waals surface area contributed by atoms with Crippen LogP contribution in [0.3, 0.4) is 0 Å². The Kier molecular flexibility index (Phi) is 15.6. The Morgan fingerprint density at radius 3 is 0.957 bits per heavy atom. The molecule has 4 N–H and O–H groups in total. The number of halogens is 2. The van der Waals surface area contributed by atoms with Crippen LogP contribution in [-0.4, -0.2) is 48.2 Å². The zero-order valence-corrected chi connectivity index (χ0v) is 42.4. The summed E-state index contributed by atoms with van der Waals surface area (Å²) in [6, 6.07) is 62.6. The van der Waals surface area contributed by atoms with Gasteiger partial charge in [-0.2, -0.15) is 0 Å². The third-order valence-electron chi connectivity index (χ3n) is 12.3. The zero-order valence-electron chi connectivity index (χ0n) is 39.2. The average molecular weight is 1050 g/mol. The SMILES string of the molecule is Brc1cnc(NC(c2ccccc2)(c2ccccc2)c2ccccc2)cn1.CC1(C)OB(c2cnc(NC(c3ccccc3)(c3ccccc3)c3ccccc3)cn2)OC1(C)C.Nc1cnc(Br)cn1. The molecule has 6 aromatic carbocycles. The summed E-state index contributed by atoms with van der Waals surface area (Å²) < 4.78 is 13.7. The van der Waals surface area contributed by atoms with E-state index in [2.05, 4.69) is 213 Å². The fraction of sp³-hybridized carbons (Fsp3) is 0.143. The second kappa shape index (κ2) is 22.1. The van der Waals surface area contributed by atoms with Gasteiger partial charge < -0.3 is 25.7 Å².